The van der Waals surface area contributed by atoms with Crippen molar-refractivity contribution in [3.63, 3.8) is 0 Å². The highest BCUT2D eigenvalue weighted by Crippen LogP contribution is 2.22. The number of halogens is 1. The van der Waals surface area contributed by atoms with Crippen LogP contribution in [0.4, 0.5) is 4.39 Å². The average molecular weight is 223 g/mol. The van der Waals surface area contributed by atoms with Crippen molar-refractivity contribution in [1.82, 2.24) is 15.1 Å². The van der Waals surface area contributed by atoms with Gasteiger partial charge in [-0.1, -0.05) is 5.16 Å². The molecule has 0 aliphatic heterocycles. The number of methoxy groups -OCH3 is 1. The number of pyridine rings is 1. The monoisotopic (exact) mass is 223 g/mol. The molecular formula is C10H10FN3O2. The minimum absolute atomic E-state index is 0.104. The first kappa shape index (κ1) is 10.7. The second-order valence-corrected chi connectivity index (χ2v) is 3.20. The lowest BCUT2D eigenvalue weighted by atomic mass is 10.2. The number of rotatable bonds is 3. The van der Waals surface area contributed by atoms with Crippen LogP contribution in [0.25, 0.3) is 11.5 Å². The summed E-state index contributed by atoms with van der Waals surface area (Å²) in [6.07, 6.45) is 1.48. The molecule has 0 aliphatic carbocycles. The van der Waals surface area contributed by atoms with E-state index in [9.17, 15) is 4.39 Å². The average Bonchev–Trinajstić information content (AvgIpc) is 2.68. The van der Waals surface area contributed by atoms with Gasteiger partial charge in [0.1, 0.15) is 5.69 Å². The molecule has 6 heteroatoms. The molecule has 16 heavy (non-hydrogen) atoms. The van der Waals surface area contributed by atoms with Gasteiger partial charge in [0, 0.05) is 13.3 Å². The van der Waals surface area contributed by atoms with Gasteiger partial charge >= 0.3 is 0 Å². The van der Waals surface area contributed by atoms with Gasteiger partial charge in [-0.3, -0.25) is 4.98 Å². The van der Waals surface area contributed by atoms with E-state index in [1.165, 1.54) is 19.4 Å². The zero-order valence-corrected chi connectivity index (χ0v) is 8.90. The Balaban J connectivity index is 2.45. The maximum atomic E-state index is 13.9. The van der Waals surface area contributed by atoms with E-state index < -0.39 is 5.82 Å². The molecule has 2 heterocycles. The summed E-state index contributed by atoms with van der Waals surface area (Å²) >= 11 is 0. The van der Waals surface area contributed by atoms with Gasteiger partial charge < -0.3 is 9.26 Å². The predicted octanol–water partition coefficient (Wildman–Crippen LogP) is 1.73. The van der Waals surface area contributed by atoms with Crippen LogP contribution < -0.4 is 0 Å². The normalized spacial score (nSPS) is 10.7. The van der Waals surface area contributed by atoms with Crippen LogP contribution in [0, 0.1) is 12.7 Å². The number of aryl methyl sites for hydroxylation is 1. The van der Waals surface area contributed by atoms with Crippen molar-refractivity contribution in [2.24, 2.45) is 0 Å². The quantitative estimate of drug-likeness (QED) is 0.792. The van der Waals surface area contributed by atoms with E-state index in [-0.39, 0.29) is 23.8 Å². The largest absolute Gasteiger partial charge is 0.378 e. The van der Waals surface area contributed by atoms with Crippen molar-refractivity contribution in [2.75, 3.05) is 7.11 Å². The lowest BCUT2D eigenvalue weighted by molar-refractivity contribution is 0.177. The lowest BCUT2D eigenvalue weighted by Crippen LogP contribution is -1.99. The van der Waals surface area contributed by atoms with Crippen LogP contribution in [-0.4, -0.2) is 22.2 Å². The third-order valence-electron chi connectivity index (χ3n) is 2.00. The van der Waals surface area contributed by atoms with Crippen molar-refractivity contribution < 1.29 is 13.7 Å². The highest BCUT2D eigenvalue weighted by atomic mass is 19.1. The highest BCUT2D eigenvalue weighted by molar-refractivity contribution is 5.53. The molecule has 0 saturated heterocycles. The Morgan fingerprint density at radius 3 is 2.94 bits per heavy atom. The molecule has 0 radical (unpaired) electrons. The van der Waals surface area contributed by atoms with Gasteiger partial charge in [-0.2, -0.15) is 4.98 Å². The topological polar surface area (TPSA) is 61.0 Å². The Morgan fingerprint density at radius 1 is 1.50 bits per heavy atom. The molecule has 0 aromatic carbocycles. The second-order valence-electron chi connectivity index (χ2n) is 3.20. The van der Waals surface area contributed by atoms with E-state index >= 15 is 0 Å². The van der Waals surface area contributed by atoms with Crippen molar-refractivity contribution >= 4 is 0 Å². The van der Waals surface area contributed by atoms with E-state index in [2.05, 4.69) is 15.1 Å². The number of hydrogen-bond acceptors (Lipinski definition) is 5. The van der Waals surface area contributed by atoms with Gasteiger partial charge in [0.05, 0.1) is 12.2 Å². The maximum Gasteiger partial charge on any atom is 0.261 e. The molecule has 2 aromatic heterocycles. The SMILES string of the molecule is COCc1nccc(-c2nc(C)no2)c1F. The standard InChI is InChI=1S/C10H10FN3O2/c1-6-13-10(16-14-6)7-3-4-12-8(5-15-2)9(7)11/h3-4H,5H2,1-2H3. The second kappa shape index (κ2) is 4.36. The Labute approximate surface area is 91.3 Å². The van der Waals surface area contributed by atoms with Crippen LogP contribution in [-0.2, 0) is 11.3 Å². The molecule has 2 aromatic rings. The molecule has 0 spiro atoms. The fourth-order valence-corrected chi connectivity index (χ4v) is 1.30. The summed E-state index contributed by atoms with van der Waals surface area (Å²) in [5.41, 5.74) is 0.457. The molecule has 0 N–H and O–H groups in total. The smallest absolute Gasteiger partial charge is 0.261 e. The highest BCUT2D eigenvalue weighted by Gasteiger charge is 2.15. The van der Waals surface area contributed by atoms with Crippen molar-refractivity contribution in [3.8, 4) is 11.5 Å². The molecule has 0 amide bonds. The van der Waals surface area contributed by atoms with Crippen molar-refractivity contribution in [2.45, 2.75) is 13.5 Å². The van der Waals surface area contributed by atoms with E-state index in [0.29, 0.717) is 5.82 Å². The van der Waals surface area contributed by atoms with E-state index in [1.807, 2.05) is 0 Å². The fraction of sp³-hybridized carbons (Fsp3) is 0.300. The number of hydrogen-bond donors (Lipinski definition) is 0. The van der Waals surface area contributed by atoms with Gasteiger partial charge in [0.25, 0.3) is 5.89 Å². The molecule has 0 fully saturated rings. The summed E-state index contributed by atoms with van der Waals surface area (Å²) in [4.78, 5) is 7.83. The molecule has 0 unspecified atom stereocenters. The summed E-state index contributed by atoms with van der Waals surface area (Å²) in [5, 5.41) is 3.61. The van der Waals surface area contributed by atoms with Crippen LogP contribution in [0.3, 0.4) is 0 Å². The Bertz CT molecular complexity index is 499. The molecule has 0 aliphatic rings. The predicted molar refractivity (Wildman–Crippen MR) is 52.9 cm³/mol. The van der Waals surface area contributed by atoms with Gasteiger partial charge in [-0.15, -0.1) is 0 Å². The lowest BCUT2D eigenvalue weighted by Gasteiger charge is -2.02. The summed E-state index contributed by atoms with van der Waals surface area (Å²) in [6.45, 7) is 1.77. The van der Waals surface area contributed by atoms with Crippen LogP contribution in [0.1, 0.15) is 11.5 Å². The molecule has 0 atom stereocenters. The minimum Gasteiger partial charge on any atom is -0.378 e. The van der Waals surface area contributed by atoms with Crippen LogP contribution in [0.5, 0.6) is 0 Å². The molecule has 2 rings (SSSR count). The first-order chi connectivity index (χ1) is 7.72. The zero-order valence-electron chi connectivity index (χ0n) is 8.90. The van der Waals surface area contributed by atoms with Gasteiger partial charge in [0.2, 0.25) is 0 Å². The molecule has 84 valence electrons. The fourth-order valence-electron chi connectivity index (χ4n) is 1.30. The summed E-state index contributed by atoms with van der Waals surface area (Å²) in [6, 6.07) is 1.49. The number of ether oxygens (including phenoxy) is 1. The molecule has 5 nitrogen and oxygen atoms in total. The molecule has 0 bridgehead atoms. The molecular weight excluding hydrogens is 213 g/mol. The van der Waals surface area contributed by atoms with Crippen molar-refractivity contribution in [3.05, 3.63) is 29.6 Å². The van der Waals surface area contributed by atoms with Crippen LogP contribution in [0.2, 0.25) is 0 Å². The third-order valence-corrected chi connectivity index (χ3v) is 2.00. The van der Waals surface area contributed by atoms with E-state index in [1.54, 1.807) is 6.92 Å². The minimum atomic E-state index is -0.493. The summed E-state index contributed by atoms with van der Waals surface area (Å²) in [5.74, 6) is 0.113. The van der Waals surface area contributed by atoms with Gasteiger partial charge in [-0.05, 0) is 13.0 Å². The van der Waals surface area contributed by atoms with E-state index in [0.717, 1.165) is 0 Å². The Morgan fingerprint density at radius 2 is 2.31 bits per heavy atom. The zero-order chi connectivity index (χ0) is 11.5. The third kappa shape index (κ3) is 1.92. The van der Waals surface area contributed by atoms with Crippen molar-refractivity contribution in [1.29, 1.82) is 0 Å². The number of aromatic nitrogens is 3. The first-order valence-corrected chi connectivity index (χ1v) is 4.65. The maximum absolute atomic E-state index is 13.9. The Hall–Kier alpha value is -1.82. The first-order valence-electron chi connectivity index (χ1n) is 4.65. The Kier molecular flexibility index (Phi) is 2.91. The van der Waals surface area contributed by atoms with E-state index in [4.69, 9.17) is 9.26 Å². The summed E-state index contributed by atoms with van der Waals surface area (Å²) < 4.78 is 23.6. The summed E-state index contributed by atoms with van der Waals surface area (Å²) in [7, 11) is 1.48. The van der Waals surface area contributed by atoms with Gasteiger partial charge in [-0.25, -0.2) is 4.39 Å². The van der Waals surface area contributed by atoms with Crippen LogP contribution >= 0.6 is 0 Å². The van der Waals surface area contributed by atoms with Crippen LogP contribution in [0.15, 0.2) is 16.8 Å². The molecule has 0 saturated carbocycles. The van der Waals surface area contributed by atoms with Gasteiger partial charge in [0.15, 0.2) is 11.6 Å². The number of nitrogens with zero attached hydrogens (tertiary/aromatic N) is 3.